The van der Waals surface area contributed by atoms with Crippen molar-refractivity contribution >= 4 is 11.7 Å². The van der Waals surface area contributed by atoms with Crippen molar-refractivity contribution in [2.75, 3.05) is 31.1 Å². The Bertz CT molecular complexity index is 1290. The van der Waals surface area contributed by atoms with Crippen molar-refractivity contribution in [1.29, 1.82) is 0 Å². The molecule has 1 aliphatic heterocycles. The molecule has 160 valence electrons. The third kappa shape index (κ3) is 3.08. The van der Waals surface area contributed by atoms with Gasteiger partial charge in [-0.2, -0.15) is 5.10 Å². The van der Waals surface area contributed by atoms with E-state index in [4.69, 9.17) is 0 Å². The smallest absolute Gasteiger partial charge is 0.332 e. The lowest BCUT2D eigenvalue weighted by Crippen LogP contribution is -2.51. The second-order valence-corrected chi connectivity index (χ2v) is 8.10. The van der Waals surface area contributed by atoms with Gasteiger partial charge in [0.1, 0.15) is 11.5 Å². The van der Waals surface area contributed by atoms with Crippen molar-refractivity contribution < 1.29 is 4.79 Å². The minimum atomic E-state index is -0.356. The van der Waals surface area contributed by atoms with Gasteiger partial charge in [0, 0.05) is 57.5 Å². The molecule has 9 heteroatoms. The summed E-state index contributed by atoms with van der Waals surface area (Å²) in [7, 11) is 3.12. The Morgan fingerprint density at radius 1 is 1.00 bits per heavy atom. The average Bonchev–Trinajstić information content (AvgIpc) is 3.24. The van der Waals surface area contributed by atoms with Crippen LogP contribution in [0, 0.1) is 0 Å². The minimum Gasteiger partial charge on any atom is -0.354 e. The van der Waals surface area contributed by atoms with Crippen LogP contribution in [0.1, 0.15) is 21.6 Å². The number of aryl methyl sites for hydroxylation is 1. The lowest BCUT2D eigenvalue weighted by Gasteiger charge is -2.36. The monoisotopic (exact) mass is 420 g/mol. The van der Waals surface area contributed by atoms with Crippen molar-refractivity contribution in [2.24, 2.45) is 14.1 Å². The van der Waals surface area contributed by atoms with Crippen molar-refractivity contribution in [3.05, 3.63) is 68.0 Å². The Balaban J connectivity index is 1.35. The Kier molecular flexibility index (Phi) is 4.53. The number of nitrogens with zero attached hydrogens (tertiary/aromatic N) is 5. The normalized spacial score (nSPS) is 15.5. The predicted octanol–water partition coefficient (Wildman–Crippen LogP) is 0.535. The molecule has 1 N–H and O–H groups in total. The zero-order valence-corrected chi connectivity index (χ0v) is 17.6. The Morgan fingerprint density at radius 2 is 1.74 bits per heavy atom. The van der Waals surface area contributed by atoms with E-state index in [1.807, 2.05) is 21.9 Å². The molecule has 0 unspecified atom stereocenters. The van der Waals surface area contributed by atoms with E-state index < -0.39 is 0 Å². The van der Waals surface area contributed by atoms with Crippen molar-refractivity contribution in [2.45, 2.75) is 12.8 Å². The average molecular weight is 420 g/mol. The van der Waals surface area contributed by atoms with E-state index in [1.54, 1.807) is 7.05 Å². The number of amides is 1. The summed E-state index contributed by atoms with van der Waals surface area (Å²) >= 11 is 0. The molecule has 3 aromatic rings. The fraction of sp³-hybridized carbons (Fsp3) is 0.364. The maximum absolute atomic E-state index is 13.2. The number of nitrogens with one attached hydrogen (secondary N) is 1. The zero-order valence-electron chi connectivity index (χ0n) is 17.6. The van der Waals surface area contributed by atoms with Gasteiger partial charge >= 0.3 is 5.69 Å². The molecule has 1 amide bonds. The van der Waals surface area contributed by atoms with Crippen LogP contribution in [-0.4, -0.2) is 56.3 Å². The van der Waals surface area contributed by atoms with Gasteiger partial charge in [-0.05, 0) is 18.4 Å². The van der Waals surface area contributed by atoms with Crippen LogP contribution in [0.3, 0.4) is 0 Å². The summed E-state index contributed by atoms with van der Waals surface area (Å²) in [4.78, 5) is 41.3. The van der Waals surface area contributed by atoms with Crippen LogP contribution in [0.5, 0.6) is 0 Å². The molecule has 2 aliphatic rings. The molecule has 0 radical (unpaired) electrons. The Labute approximate surface area is 178 Å². The molecule has 1 fully saturated rings. The first-order valence-electron chi connectivity index (χ1n) is 10.4. The number of H-pyrrole nitrogens is 1. The quantitative estimate of drug-likeness (QED) is 0.653. The van der Waals surface area contributed by atoms with Gasteiger partial charge in [-0.25, -0.2) is 4.79 Å². The number of carbonyl (C=O) groups excluding carboxylic acids is 1. The summed E-state index contributed by atoms with van der Waals surface area (Å²) in [6.07, 6.45) is 1.69. The van der Waals surface area contributed by atoms with Gasteiger partial charge in [0.05, 0.1) is 5.69 Å². The Hall–Kier alpha value is -3.62. The molecule has 5 rings (SSSR count). The minimum absolute atomic E-state index is 0.0503. The number of piperazine rings is 1. The van der Waals surface area contributed by atoms with Gasteiger partial charge in [0.15, 0.2) is 0 Å². The van der Waals surface area contributed by atoms with Crippen LogP contribution in [-0.2, 0) is 26.9 Å². The number of carbonyl (C=O) groups is 1. The highest BCUT2D eigenvalue weighted by atomic mass is 16.2. The van der Waals surface area contributed by atoms with Gasteiger partial charge in [0.25, 0.3) is 11.5 Å². The number of fused-ring (bicyclic) bond motifs is 3. The van der Waals surface area contributed by atoms with Gasteiger partial charge in [-0.15, -0.1) is 0 Å². The van der Waals surface area contributed by atoms with Gasteiger partial charge in [-0.1, -0.05) is 24.3 Å². The molecule has 2 aromatic heterocycles. The number of hydrogen-bond donors (Lipinski definition) is 1. The molecule has 0 bridgehead atoms. The largest absolute Gasteiger partial charge is 0.354 e. The number of anilines is 1. The highest BCUT2D eigenvalue weighted by Crippen LogP contribution is 2.33. The molecule has 1 aliphatic carbocycles. The summed E-state index contributed by atoms with van der Waals surface area (Å²) in [6, 6.07) is 9.66. The molecular formula is C22H24N6O3. The fourth-order valence-electron chi connectivity index (χ4n) is 4.56. The van der Waals surface area contributed by atoms with E-state index >= 15 is 0 Å². The van der Waals surface area contributed by atoms with Crippen molar-refractivity contribution in [1.82, 2.24) is 24.2 Å². The number of rotatable bonds is 2. The third-order valence-corrected chi connectivity index (χ3v) is 6.39. The van der Waals surface area contributed by atoms with E-state index in [2.05, 4.69) is 22.3 Å². The van der Waals surface area contributed by atoms with Gasteiger partial charge in [-0.3, -0.25) is 23.8 Å². The zero-order chi connectivity index (χ0) is 21.7. The summed E-state index contributed by atoms with van der Waals surface area (Å²) in [6.45, 7) is 2.11. The van der Waals surface area contributed by atoms with E-state index in [9.17, 15) is 14.4 Å². The summed E-state index contributed by atoms with van der Waals surface area (Å²) in [5.74, 6) is 0.529. The van der Waals surface area contributed by atoms with Crippen LogP contribution >= 0.6 is 0 Å². The molecule has 0 saturated carbocycles. The second kappa shape index (κ2) is 7.26. The van der Waals surface area contributed by atoms with Crippen LogP contribution < -0.4 is 16.1 Å². The summed E-state index contributed by atoms with van der Waals surface area (Å²) in [5.41, 5.74) is 4.09. The van der Waals surface area contributed by atoms with Crippen molar-refractivity contribution in [3.8, 4) is 11.3 Å². The lowest BCUT2D eigenvalue weighted by molar-refractivity contribution is 0.0739. The number of hydrogen-bond acceptors (Lipinski definition) is 5. The predicted molar refractivity (Wildman–Crippen MR) is 116 cm³/mol. The van der Waals surface area contributed by atoms with Crippen LogP contribution in [0.2, 0.25) is 0 Å². The topological polar surface area (TPSA) is 96.2 Å². The van der Waals surface area contributed by atoms with Crippen LogP contribution in [0.15, 0.2) is 39.9 Å². The Morgan fingerprint density at radius 3 is 2.52 bits per heavy atom. The maximum atomic E-state index is 13.2. The van der Waals surface area contributed by atoms with E-state index in [-0.39, 0.29) is 17.2 Å². The third-order valence-electron chi connectivity index (χ3n) is 6.39. The van der Waals surface area contributed by atoms with E-state index in [0.717, 1.165) is 34.2 Å². The molecular weight excluding hydrogens is 396 g/mol. The highest BCUT2D eigenvalue weighted by molar-refractivity contribution is 5.96. The maximum Gasteiger partial charge on any atom is 0.332 e. The molecule has 31 heavy (non-hydrogen) atoms. The number of aromatic amines is 1. The van der Waals surface area contributed by atoms with Crippen molar-refractivity contribution in [3.63, 3.8) is 0 Å². The number of benzene rings is 1. The van der Waals surface area contributed by atoms with Gasteiger partial charge in [0.2, 0.25) is 0 Å². The van der Waals surface area contributed by atoms with Crippen LogP contribution in [0.4, 0.5) is 5.82 Å². The van der Waals surface area contributed by atoms with E-state index in [0.29, 0.717) is 37.7 Å². The number of aromatic nitrogens is 4. The second-order valence-electron chi connectivity index (χ2n) is 8.10. The first-order valence-corrected chi connectivity index (χ1v) is 10.4. The lowest BCUT2D eigenvalue weighted by atomic mass is 9.89. The van der Waals surface area contributed by atoms with Crippen LogP contribution in [0.25, 0.3) is 11.3 Å². The molecule has 0 spiro atoms. The molecule has 9 nitrogen and oxygen atoms in total. The first kappa shape index (κ1) is 19.3. The van der Waals surface area contributed by atoms with E-state index in [1.165, 1.54) is 23.2 Å². The summed E-state index contributed by atoms with van der Waals surface area (Å²) in [5, 5.41) is 7.44. The molecule has 0 atom stereocenters. The SMILES string of the molecule is Cn1c(N2CCN(C(=O)c3[nH]nc4c3CCc3ccccc3-4)CC2)cc(=O)n(C)c1=O. The molecule has 1 saturated heterocycles. The summed E-state index contributed by atoms with van der Waals surface area (Å²) < 4.78 is 2.56. The fourth-order valence-corrected chi connectivity index (χ4v) is 4.56. The molecule has 1 aromatic carbocycles. The first-order chi connectivity index (χ1) is 15.0. The standard InChI is InChI=1S/C22H24N6O3/c1-25-17(13-18(29)26(2)22(25)31)27-9-11-28(12-10-27)21(30)20-16-8-7-14-5-3-4-6-15(14)19(16)23-24-20/h3-6,13H,7-12H2,1-2H3,(H,23,24). The highest BCUT2D eigenvalue weighted by Gasteiger charge is 2.30. The molecule has 3 heterocycles. The van der Waals surface area contributed by atoms with Gasteiger partial charge < -0.3 is 9.80 Å².